The Hall–Kier alpha value is -1.58. The maximum Gasteiger partial charge on any atom is 0.335 e. The fourth-order valence-corrected chi connectivity index (χ4v) is 2.08. The van der Waals surface area contributed by atoms with Crippen molar-refractivity contribution in [1.82, 2.24) is 4.98 Å². The van der Waals surface area contributed by atoms with E-state index in [1.807, 2.05) is 6.92 Å². The summed E-state index contributed by atoms with van der Waals surface area (Å²) in [7, 11) is 0. The second kappa shape index (κ2) is 4.12. The molecule has 86 valence electrons. The molecular formula is C12H16N2O2. The van der Waals surface area contributed by atoms with Gasteiger partial charge in [0.25, 0.3) is 0 Å². The van der Waals surface area contributed by atoms with Gasteiger partial charge in [0.15, 0.2) is 0 Å². The molecule has 0 saturated carbocycles. The molecule has 2 rings (SSSR count). The summed E-state index contributed by atoms with van der Waals surface area (Å²) in [5.74, 6) is 0.566. The molecule has 0 aromatic carbocycles. The molecule has 1 atom stereocenters. The smallest absolute Gasteiger partial charge is 0.335 e. The molecular weight excluding hydrogens is 204 g/mol. The van der Waals surface area contributed by atoms with Crippen molar-refractivity contribution in [3.05, 3.63) is 23.4 Å². The zero-order valence-corrected chi connectivity index (χ0v) is 9.60. The monoisotopic (exact) mass is 220 g/mol. The number of aryl methyl sites for hydroxylation is 1. The molecule has 4 heteroatoms. The number of nitrogens with zero attached hydrogens (tertiary/aromatic N) is 2. The van der Waals surface area contributed by atoms with Crippen molar-refractivity contribution in [2.75, 3.05) is 18.0 Å². The van der Waals surface area contributed by atoms with Crippen molar-refractivity contribution in [3.63, 3.8) is 0 Å². The molecule has 0 amide bonds. The summed E-state index contributed by atoms with van der Waals surface area (Å²) >= 11 is 0. The molecule has 0 radical (unpaired) electrons. The van der Waals surface area contributed by atoms with Crippen molar-refractivity contribution >= 4 is 11.8 Å². The molecule has 1 aliphatic heterocycles. The Labute approximate surface area is 94.9 Å². The Kier molecular flexibility index (Phi) is 2.81. The van der Waals surface area contributed by atoms with E-state index in [0.29, 0.717) is 11.5 Å². The number of aromatic carboxylic acids is 1. The molecule has 1 aliphatic rings. The van der Waals surface area contributed by atoms with Gasteiger partial charge in [0.2, 0.25) is 0 Å². The first-order valence-corrected chi connectivity index (χ1v) is 5.53. The van der Waals surface area contributed by atoms with Crippen LogP contribution in [0.3, 0.4) is 0 Å². The van der Waals surface area contributed by atoms with E-state index in [4.69, 9.17) is 5.11 Å². The minimum atomic E-state index is -0.890. The lowest BCUT2D eigenvalue weighted by Crippen LogP contribution is -2.21. The van der Waals surface area contributed by atoms with E-state index in [1.165, 1.54) is 0 Å². The Bertz CT molecular complexity index is 417. The van der Waals surface area contributed by atoms with Crippen molar-refractivity contribution < 1.29 is 9.90 Å². The molecule has 0 aliphatic carbocycles. The third-order valence-electron chi connectivity index (χ3n) is 2.93. The van der Waals surface area contributed by atoms with Gasteiger partial charge in [-0.1, -0.05) is 6.92 Å². The lowest BCUT2D eigenvalue weighted by Gasteiger charge is -2.17. The van der Waals surface area contributed by atoms with Crippen LogP contribution in [0.2, 0.25) is 0 Å². The Morgan fingerprint density at radius 3 is 2.88 bits per heavy atom. The number of aromatic nitrogens is 1. The molecule has 0 bridgehead atoms. The van der Waals surface area contributed by atoms with Gasteiger partial charge >= 0.3 is 5.97 Å². The average molecular weight is 220 g/mol. The normalized spacial score (nSPS) is 20.1. The highest BCUT2D eigenvalue weighted by Crippen LogP contribution is 2.23. The highest BCUT2D eigenvalue weighted by Gasteiger charge is 2.20. The lowest BCUT2D eigenvalue weighted by molar-refractivity contribution is 0.0696. The van der Waals surface area contributed by atoms with Crippen LogP contribution in [0.15, 0.2) is 12.1 Å². The van der Waals surface area contributed by atoms with Gasteiger partial charge < -0.3 is 10.0 Å². The Morgan fingerprint density at radius 1 is 1.56 bits per heavy atom. The topological polar surface area (TPSA) is 53.4 Å². The van der Waals surface area contributed by atoms with E-state index < -0.39 is 5.97 Å². The van der Waals surface area contributed by atoms with Crippen LogP contribution in [0.5, 0.6) is 0 Å². The van der Waals surface area contributed by atoms with Gasteiger partial charge in [-0.15, -0.1) is 0 Å². The predicted molar refractivity (Wildman–Crippen MR) is 61.9 cm³/mol. The molecule has 1 fully saturated rings. The number of pyridine rings is 1. The van der Waals surface area contributed by atoms with Gasteiger partial charge in [-0.2, -0.15) is 0 Å². The first-order chi connectivity index (χ1) is 7.56. The highest BCUT2D eigenvalue weighted by atomic mass is 16.4. The third kappa shape index (κ3) is 2.15. The summed E-state index contributed by atoms with van der Waals surface area (Å²) in [6.45, 7) is 5.97. The molecule has 1 aromatic heterocycles. The number of rotatable bonds is 2. The van der Waals surface area contributed by atoms with E-state index in [1.54, 1.807) is 12.1 Å². The van der Waals surface area contributed by atoms with E-state index in [0.717, 1.165) is 31.0 Å². The van der Waals surface area contributed by atoms with Crippen LogP contribution >= 0.6 is 0 Å². The summed E-state index contributed by atoms with van der Waals surface area (Å²) in [5, 5.41) is 8.98. The summed E-state index contributed by atoms with van der Waals surface area (Å²) in [6, 6.07) is 3.26. The van der Waals surface area contributed by atoms with E-state index >= 15 is 0 Å². The predicted octanol–water partition coefficient (Wildman–Crippen LogP) is 1.93. The van der Waals surface area contributed by atoms with Gasteiger partial charge in [0.1, 0.15) is 5.82 Å². The summed E-state index contributed by atoms with van der Waals surface area (Å²) in [4.78, 5) is 17.5. The SMILES string of the molecule is Cc1cc(C(=O)O)cc(N2CCC(C)C2)n1. The number of hydrogen-bond donors (Lipinski definition) is 1. The maximum absolute atomic E-state index is 10.9. The zero-order chi connectivity index (χ0) is 11.7. The molecule has 1 N–H and O–H groups in total. The summed E-state index contributed by atoms with van der Waals surface area (Å²) in [5.41, 5.74) is 1.08. The molecule has 1 aromatic rings. The number of carbonyl (C=O) groups is 1. The van der Waals surface area contributed by atoms with E-state index in [-0.39, 0.29) is 0 Å². The van der Waals surface area contributed by atoms with Gasteiger partial charge in [0, 0.05) is 18.8 Å². The molecule has 1 unspecified atom stereocenters. The van der Waals surface area contributed by atoms with Crippen LogP contribution in [0.1, 0.15) is 29.4 Å². The second-order valence-electron chi connectivity index (χ2n) is 4.50. The van der Waals surface area contributed by atoms with Gasteiger partial charge in [0.05, 0.1) is 5.56 Å². The highest BCUT2D eigenvalue weighted by molar-refractivity contribution is 5.88. The number of anilines is 1. The molecule has 16 heavy (non-hydrogen) atoms. The average Bonchev–Trinajstić information content (AvgIpc) is 2.64. The quantitative estimate of drug-likeness (QED) is 0.827. The van der Waals surface area contributed by atoms with Crippen molar-refractivity contribution in [2.24, 2.45) is 5.92 Å². The number of carboxylic acids is 1. The van der Waals surface area contributed by atoms with Crippen LogP contribution in [0.25, 0.3) is 0 Å². The third-order valence-corrected chi connectivity index (χ3v) is 2.93. The van der Waals surface area contributed by atoms with Crippen LogP contribution in [0, 0.1) is 12.8 Å². The second-order valence-corrected chi connectivity index (χ2v) is 4.50. The number of carboxylic acid groups (broad SMARTS) is 1. The molecule has 2 heterocycles. The van der Waals surface area contributed by atoms with E-state index in [9.17, 15) is 4.79 Å². The fourth-order valence-electron chi connectivity index (χ4n) is 2.08. The lowest BCUT2D eigenvalue weighted by atomic mass is 10.2. The summed E-state index contributed by atoms with van der Waals surface area (Å²) in [6.07, 6.45) is 1.15. The minimum absolute atomic E-state index is 0.321. The molecule has 0 spiro atoms. The van der Waals surface area contributed by atoms with Gasteiger partial charge in [-0.25, -0.2) is 9.78 Å². The minimum Gasteiger partial charge on any atom is -0.478 e. The Morgan fingerprint density at radius 2 is 2.31 bits per heavy atom. The Balaban J connectivity index is 2.30. The van der Waals surface area contributed by atoms with Gasteiger partial charge in [-0.05, 0) is 31.4 Å². The van der Waals surface area contributed by atoms with Crippen molar-refractivity contribution in [3.8, 4) is 0 Å². The standard InChI is InChI=1S/C12H16N2O2/c1-8-3-4-14(7-8)11-6-10(12(15)16)5-9(2)13-11/h5-6,8H,3-4,7H2,1-2H3,(H,15,16). The number of hydrogen-bond acceptors (Lipinski definition) is 3. The van der Waals surface area contributed by atoms with E-state index in [2.05, 4.69) is 16.8 Å². The van der Waals surface area contributed by atoms with Crippen molar-refractivity contribution in [1.29, 1.82) is 0 Å². The van der Waals surface area contributed by atoms with Crippen LogP contribution < -0.4 is 4.90 Å². The maximum atomic E-state index is 10.9. The first kappa shape index (κ1) is 10.9. The largest absolute Gasteiger partial charge is 0.478 e. The summed E-state index contributed by atoms with van der Waals surface area (Å²) < 4.78 is 0. The fraction of sp³-hybridized carbons (Fsp3) is 0.500. The van der Waals surface area contributed by atoms with Gasteiger partial charge in [-0.3, -0.25) is 0 Å². The molecule has 4 nitrogen and oxygen atoms in total. The van der Waals surface area contributed by atoms with Crippen LogP contribution in [-0.4, -0.2) is 29.1 Å². The van der Waals surface area contributed by atoms with Crippen LogP contribution in [0.4, 0.5) is 5.82 Å². The van der Waals surface area contributed by atoms with Crippen molar-refractivity contribution in [2.45, 2.75) is 20.3 Å². The zero-order valence-electron chi connectivity index (χ0n) is 9.60. The van der Waals surface area contributed by atoms with Crippen LogP contribution in [-0.2, 0) is 0 Å². The first-order valence-electron chi connectivity index (χ1n) is 5.53. The molecule has 1 saturated heterocycles.